The van der Waals surface area contributed by atoms with Crippen LogP contribution in [-0.2, 0) is 10.1 Å². The van der Waals surface area contributed by atoms with Crippen LogP contribution >= 0.6 is 0 Å². The molecule has 0 radical (unpaired) electrons. The van der Waals surface area contributed by atoms with Gasteiger partial charge in [0, 0.05) is 5.56 Å². The minimum Gasteiger partial charge on any atom is -0.372 e. The average molecular weight is 307 g/mol. The van der Waals surface area contributed by atoms with E-state index in [2.05, 4.69) is 0 Å². The van der Waals surface area contributed by atoms with Gasteiger partial charge in [0.2, 0.25) is 5.75 Å². The monoisotopic (exact) mass is 307 g/mol. The van der Waals surface area contributed by atoms with Crippen LogP contribution in [0.4, 0.5) is 5.69 Å². The maximum atomic E-state index is 12.2. The first-order chi connectivity index (χ1) is 9.81. The third-order valence-electron chi connectivity index (χ3n) is 2.89. The van der Waals surface area contributed by atoms with Crippen molar-refractivity contribution in [1.82, 2.24) is 0 Å². The molecule has 2 rings (SSSR count). The fourth-order valence-electron chi connectivity index (χ4n) is 1.80. The van der Waals surface area contributed by atoms with Crippen LogP contribution in [-0.4, -0.2) is 13.3 Å². The zero-order valence-electron chi connectivity index (χ0n) is 11.4. The van der Waals surface area contributed by atoms with Crippen molar-refractivity contribution >= 4 is 15.8 Å². The fraction of sp³-hybridized carbons (Fsp3) is 0.143. The van der Waals surface area contributed by atoms with Gasteiger partial charge in [-0.05, 0) is 32.0 Å². The molecule has 2 aromatic rings. The quantitative estimate of drug-likeness (QED) is 0.492. The van der Waals surface area contributed by atoms with Crippen LogP contribution in [0.25, 0.3) is 0 Å². The zero-order valence-corrected chi connectivity index (χ0v) is 12.3. The maximum Gasteiger partial charge on any atom is 0.339 e. The molecule has 0 aromatic heterocycles. The minimum absolute atomic E-state index is 0.0519. The first-order valence-corrected chi connectivity index (χ1v) is 7.47. The molecule has 2 aromatic carbocycles. The molecule has 0 fully saturated rings. The summed E-state index contributed by atoms with van der Waals surface area (Å²) in [5.41, 5.74) is 0.875. The summed E-state index contributed by atoms with van der Waals surface area (Å²) in [6.07, 6.45) is 0. The number of nitro benzene ring substituents is 1. The molecule has 7 heteroatoms. The third kappa shape index (κ3) is 3.19. The van der Waals surface area contributed by atoms with E-state index in [9.17, 15) is 18.5 Å². The Balaban J connectivity index is 2.44. The number of aryl methyl sites for hydroxylation is 2. The maximum absolute atomic E-state index is 12.2. The number of para-hydroxylation sites is 1. The smallest absolute Gasteiger partial charge is 0.339 e. The van der Waals surface area contributed by atoms with Gasteiger partial charge in [0.15, 0.2) is 0 Å². The summed E-state index contributed by atoms with van der Waals surface area (Å²) in [4.78, 5) is 10.3. The molecular weight excluding hydrogens is 294 g/mol. The van der Waals surface area contributed by atoms with E-state index in [1.54, 1.807) is 12.1 Å². The topological polar surface area (TPSA) is 86.5 Å². The summed E-state index contributed by atoms with van der Waals surface area (Å²) in [5.74, 6) is -0.291. The lowest BCUT2D eigenvalue weighted by Gasteiger charge is -2.08. The number of hydrogen-bond acceptors (Lipinski definition) is 5. The van der Waals surface area contributed by atoms with E-state index in [4.69, 9.17) is 4.18 Å². The number of rotatable bonds is 4. The Hall–Kier alpha value is -2.41. The second-order valence-corrected chi connectivity index (χ2v) is 6.08. The lowest BCUT2D eigenvalue weighted by molar-refractivity contribution is -0.386. The molecule has 6 nitrogen and oxygen atoms in total. The molecule has 0 unspecified atom stereocenters. The summed E-state index contributed by atoms with van der Waals surface area (Å²) in [6.45, 7) is 3.34. The number of nitro groups is 1. The lowest BCUT2D eigenvalue weighted by atomic mass is 10.2. The first kappa shape index (κ1) is 15.0. The summed E-state index contributed by atoms with van der Waals surface area (Å²) >= 11 is 0. The fourth-order valence-corrected chi connectivity index (χ4v) is 2.74. The Morgan fingerprint density at radius 2 is 1.67 bits per heavy atom. The van der Waals surface area contributed by atoms with E-state index in [0.29, 0.717) is 5.56 Å². The van der Waals surface area contributed by atoms with Crippen molar-refractivity contribution in [1.29, 1.82) is 0 Å². The van der Waals surface area contributed by atoms with Gasteiger partial charge >= 0.3 is 15.8 Å². The molecule has 0 N–H and O–H groups in total. The Morgan fingerprint density at radius 1 is 1.05 bits per heavy atom. The summed E-state index contributed by atoms with van der Waals surface area (Å²) in [5, 5.41) is 11.0. The minimum atomic E-state index is -4.11. The zero-order chi connectivity index (χ0) is 15.6. The summed E-state index contributed by atoms with van der Waals surface area (Å²) < 4.78 is 29.2. The van der Waals surface area contributed by atoms with Crippen LogP contribution in [0.1, 0.15) is 11.1 Å². The van der Waals surface area contributed by atoms with Crippen LogP contribution in [0.3, 0.4) is 0 Å². The van der Waals surface area contributed by atoms with Gasteiger partial charge in [0.1, 0.15) is 4.90 Å². The van der Waals surface area contributed by atoms with E-state index in [0.717, 1.165) is 5.56 Å². The van der Waals surface area contributed by atoms with Crippen molar-refractivity contribution in [3.05, 3.63) is 63.7 Å². The van der Waals surface area contributed by atoms with Crippen molar-refractivity contribution in [2.75, 3.05) is 0 Å². The van der Waals surface area contributed by atoms with Gasteiger partial charge in [-0.2, -0.15) is 8.42 Å². The van der Waals surface area contributed by atoms with Crippen LogP contribution in [0.2, 0.25) is 0 Å². The molecule has 0 bridgehead atoms. The van der Waals surface area contributed by atoms with Crippen molar-refractivity contribution in [2.24, 2.45) is 0 Å². The Kier molecular flexibility index (Phi) is 3.95. The molecule has 0 saturated heterocycles. The number of benzene rings is 2. The average Bonchev–Trinajstić information content (AvgIpc) is 2.38. The summed E-state index contributed by atoms with van der Waals surface area (Å²) in [6, 6.07) is 10.3. The Bertz CT molecular complexity index is 782. The van der Waals surface area contributed by atoms with Gasteiger partial charge in [-0.15, -0.1) is 0 Å². The lowest BCUT2D eigenvalue weighted by Crippen LogP contribution is -2.11. The van der Waals surface area contributed by atoms with Gasteiger partial charge in [-0.3, -0.25) is 10.1 Å². The molecule has 0 aliphatic carbocycles. The second-order valence-electron chi connectivity index (χ2n) is 4.53. The van der Waals surface area contributed by atoms with Gasteiger partial charge in [-0.25, -0.2) is 0 Å². The SMILES string of the molecule is Cc1ccc(S(=O)(=O)Oc2cccc(C)c2[N+](=O)[O-])cc1. The molecule has 0 atom stereocenters. The predicted molar refractivity (Wildman–Crippen MR) is 76.8 cm³/mol. The number of hydrogen-bond donors (Lipinski definition) is 0. The summed E-state index contributed by atoms with van der Waals surface area (Å²) in [7, 11) is -4.11. The van der Waals surface area contributed by atoms with Gasteiger partial charge < -0.3 is 4.18 Å². The molecule has 0 saturated carbocycles. The standard InChI is InChI=1S/C14H13NO5S/c1-10-6-8-12(9-7-10)21(18,19)20-13-5-3-4-11(2)14(13)15(16)17/h3-9H,1-2H3. The Labute approximate surface area is 122 Å². The van der Waals surface area contributed by atoms with Crippen LogP contribution in [0.5, 0.6) is 5.75 Å². The van der Waals surface area contributed by atoms with Crippen molar-refractivity contribution in [3.63, 3.8) is 0 Å². The molecule has 0 spiro atoms. The van der Waals surface area contributed by atoms with Crippen molar-refractivity contribution < 1.29 is 17.5 Å². The van der Waals surface area contributed by atoms with Crippen LogP contribution < -0.4 is 4.18 Å². The van der Waals surface area contributed by atoms with Crippen molar-refractivity contribution in [2.45, 2.75) is 18.7 Å². The van der Waals surface area contributed by atoms with Gasteiger partial charge in [0.05, 0.1) is 4.92 Å². The molecule has 0 amide bonds. The number of nitrogens with zero attached hydrogens (tertiary/aromatic N) is 1. The highest BCUT2D eigenvalue weighted by Gasteiger charge is 2.24. The van der Waals surface area contributed by atoms with Crippen LogP contribution in [0, 0.1) is 24.0 Å². The van der Waals surface area contributed by atoms with Crippen LogP contribution in [0.15, 0.2) is 47.4 Å². The normalized spacial score (nSPS) is 11.1. The Morgan fingerprint density at radius 3 is 2.24 bits per heavy atom. The van der Waals surface area contributed by atoms with Gasteiger partial charge in [-0.1, -0.05) is 29.8 Å². The predicted octanol–water partition coefficient (Wildman–Crippen LogP) is 2.98. The van der Waals surface area contributed by atoms with E-state index in [-0.39, 0.29) is 16.3 Å². The molecule has 110 valence electrons. The second kappa shape index (κ2) is 5.53. The van der Waals surface area contributed by atoms with E-state index in [1.165, 1.54) is 37.3 Å². The molecule has 0 aliphatic rings. The first-order valence-electron chi connectivity index (χ1n) is 6.06. The van der Waals surface area contributed by atoms with E-state index < -0.39 is 15.0 Å². The highest BCUT2D eigenvalue weighted by Crippen LogP contribution is 2.32. The van der Waals surface area contributed by atoms with Gasteiger partial charge in [0.25, 0.3) is 0 Å². The highest BCUT2D eigenvalue weighted by molar-refractivity contribution is 7.87. The molecule has 21 heavy (non-hydrogen) atoms. The van der Waals surface area contributed by atoms with E-state index in [1.807, 2.05) is 6.92 Å². The van der Waals surface area contributed by atoms with Crippen molar-refractivity contribution in [3.8, 4) is 5.75 Å². The molecule has 0 aliphatic heterocycles. The third-order valence-corrected chi connectivity index (χ3v) is 4.14. The highest BCUT2D eigenvalue weighted by atomic mass is 32.2. The molecular formula is C14H13NO5S. The van der Waals surface area contributed by atoms with E-state index >= 15 is 0 Å². The largest absolute Gasteiger partial charge is 0.372 e. The molecule has 0 heterocycles.